The Morgan fingerprint density at radius 3 is 2.61 bits per heavy atom. The molecule has 9 nitrogen and oxygen atoms in total. The first kappa shape index (κ1) is 21.6. The van der Waals surface area contributed by atoms with E-state index in [0.717, 1.165) is 49.2 Å². The molecule has 5 rings (SSSR count). The lowest BCUT2D eigenvalue weighted by Crippen LogP contribution is -2.52. The van der Waals surface area contributed by atoms with Gasteiger partial charge in [-0.05, 0) is 61.5 Å². The van der Waals surface area contributed by atoms with E-state index in [4.69, 9.17) is 5.73 Å². The molecule has 3 aliphatic rings. The highest BCUT2D eigenvalue weighted by Gasteiger charge is 2.41. The number of imide groups is 1. The summed E-state index contributed by atoms with van der Waals surface area (Å²) in [4.78, 5) is 40.7. The highest BCUT2D eigenvalue weighted by atomic mass is 19.1. The van der Waals surface area contributed by atoms with Crippen molar-refractivity contribution in [1.82, 2.24) is 24.9 Å². The third-order valence-corrected chi connectivity index (χ3v) is 7.14. The molecular weight excluding hydrogens is 427 g/mol. The second-order valence-corrected chi connectivity index (χ2v) is 9.15. The Labute approximate surface area is 190 Å². The van der Waals surface area contributed by atoms with Crippen molar-refractivity contribution in [2.75, 3.05) is 18.8 Å². The molecule has 3 N–H and O–H groups in total. The molecule has 0 bridgehead atoms. The van der Waals surface area contributed by atoms with Crippen molar-refractivity contribution < 1.29 is 18.8 Å². The SMILES string of the molecule is Cn1ncc(CN2CCC(c3cc(F)cc4c3CN(C3CCC(=O)NC3=O)C4=O)CC2)c1N. The Kier molecular flexibility index (Phi) is 5.40. The number of nitrogens with two attached hydrogens (primary N) is 1. The van der Waals surface area contributed by atoms with Gasteiger partial charge in [-0.1, -0.05) is 0 Å². The monoisotopic (exact) mass is 454 g/mol. The highest BCUT2D eigenvalue weighted by Crippen LogP contribution is 2.38. The van der Waals surface area contributed by atoms with E-state index in [1.807, 2.05) is 7.05 Å². The van der Waals surface area contributed by atoms with Crippen molar-refractivity contribution >= 4 is 23.5 Å². The number of carbonyl (C=O) groups excluding carboxylic acids is 3. The Morgan fingerprint density at radius 1 is 1.18 bits per heavy atom. The van der Waals surface area contributed by atoms with Gasteiger partial charge in [0.1, 0.15) is 17.7 Å². The highest BCUT2D eigenvalue weighted by molar-refractivity contribution is 6.05. The molecule has 0 spiro atoms. The summed E-state index contributed by atoms with van der Waals surface area (Å²) in [6, 6.07) is 2.11. The number of nitrogen functional groups attached to an aromatic ring is 1. The number of likely N-dealkylation sites (tertiary alicyclic amines) is 1. The molecule has 174 valence electrons. The van der Waals surface area contributed by atoms with Crippen LogP contribution in [0.25, 0.3) is 0 Å². The average Bonchev–Trinajstić information content (AvgIpc) is 3.28. The van der Waals surface area contributed by atoms with Gasteiger partial charge in [-0.15, -0.1) is 0 Å². The molecule has 4 heterocycles. The minimum absolute atomic E-state index is 0.131. The van der Waals surface area contributed by atoms with Gasteiger partial charge < -0.3 is 10.6 Å². The number of hydrogen-bond acceptors (Lipinski definition) is 6. The van der Waals surface area contributed by atoms with Gasteiger partial charge >= 0.3 is 0 Å². The third kappa shape index (κ3) is 3.88. The number of fused-ring (bicyclic) bond motifs is 1. The summed E-state index contributed by atoms with van der Waals surface area (Å²) in [6.45, 7) is 2.64. The number of aromatic nitrogens is 2. The van der Waals surface area contributed by atoms with Crippen molar-refractivity contribution in [1.29, 1.82) is 0 Å². The summed E-state index contributed by atoms with van der Waals surface area (Å²) in [5.74, 6) is -0.777. The number of piperidine rings is 2. The van der Waals surface area contributed by atoms with Crippen LogP contribution in [0.3, 0.4) is 0 Å². The quantitative estimate of drug-likeness (QED) is 0.673. The molecule has 3 amide bonds. The predicted molar refractivity (Wildman–Crippen MR) is 117 cm³/mol. The van der Waals surface area contributed by atoms with Gasteiger partial charge in [0, 0.05) is 37.7 Å². The Morgan fingerprint density at radius 2 is 1.94 bits per heavy atom. The summed E-state index contributed by atoms with van der Waals surface area (Å²) in [7, 11) is 1.81. The van der Waals surface area contributed by atoms with E-state index in [1.54, 1.807) is 16.9 Å². The molecule has 0 radical (unpaired) electrons. The lowest BCUT2D eigenvalue weighted by molar-refractivity contribution is -0.136. The second kappa shape index (κ2) is 8.26. The normalized spacial score (nSPS) is 22.1. The number of anilines is 1. The maximum atomic E-state index is 14.5. The number of hydrogen-bond donors (Lipinski definition) is 2. The van der Waals surface area contributed by atoms with Crippen LogP contribution in [0.2, 0.25) is 0 Å². The number of aryl methyl sites for hydroxylation is 1. The van der Waals surface area contributed by atoms with E-state index in [0.29, 0.717) is 11.4 Å². The number of halogens is 1. The van der Waals surface area contributed by atoms with Gasteiger partial charge in [0.05, 0.1) is 6.20 Å². The van der Waals surface area contributed by atoms with Crippen LogP contribution in [0, 0.1) is 5.82 Å². The molecule has 3 aliphatic heterocycles. The van der Waals surface area contributed by atoms with Gasteiger partial charge in [0.25, 0.3) is 5.91 Å². The van der Waals surface area contributed by atoms with Gasteiger partial charge in [0.15, 0.2) is 0 Å². The van der Waals surface area contributed by atoms with Crippen LogP contribution < -0.4 is 11.1 Å². The van der Waals surface area contributed by atoms with E-state index < -0.39 is 17.8 Å². The van der Waals surface area contributed by atoms with Crippen molar-refractivity contribution in [2.45, 2.75) is 50.7 Å². The summed E-state index contributed by atoms with van der Waals surface area (Å²) in [6.07, 6.45) is 3.94. The Balaban J connectivity index is 1.32. The Bertz CT molecular complexity index is 1140. The number of nitrogens with zero attached hydrogens (tertiary/aromatic N) is 4. The number of amides is 3. The predicted octanol–water partition coefficient (Wildman–Crippen LogP) is 1.28. The number of rotatable bonds is 4. The first-order valence-corrected chi connectivity index (χ1v) is 11.3. The fourth-order valence-electron chi connectivity index (χ4n) is 5.27. The molecule has 2 fully saturated rings. The molecular formula is C23H27FN6O3. The molecule has 0 saturated carbocycles. The summed E-state index contributed by atoms with van der Waals surface area (Å²) < 4.78 is 16.2. The van der Waals surface area contributed by atoms with Gasteiger partial charge in [0.2, 0.25) is 11.8 Å². The molecule has 0 aliphatic carbocycles. The minimum atomic E-state index is -0.703. The zero-order valence-corrected chi connectivity index (χ0v) is 18.5. The maximum absolute atomic E-state index is 14.5. The molecule has 1 atom stereocenters. The fraction of sp³-hybridized carbons (Fsp3) is 0.478. The number of carbonyl (C=O) groups is 3. The molecule has 33 heavy (non-hydrogen) atoms. The lowest BCUT2D eigenvalue weighted by Gasteiger charge is -2.33. The smallest absolute Gasteiger partial charge is 0.255 e. The van der Waals surface area contributed by atoms with Crippen molar-refractivity contribution in [3.8, 4) is 0 Å². The Hall–Kier alpha value is -3.27. The van der Waals surface area contributed by atoms with Crippen LogP contribution in [0.1, 0.15) is 58.6 Å². The average molecular weight is 455 g/mol. The van der Waals surface area contributed by atoms with Crippen LogP contribution in [-0.2, 0) is 29.7 Å². The third-order valence-electron chi connectivity index (χ3n) is 7.14. The van der Waals surface area contributed by atoms with E-state index in [2.05, 4.69) is 15.3 Å². The van der Waals surface area contributed by atoms with E-state index in [9.17, 15) is 18.8 Å². The van der Waals surface area contributed by atoms with E-state index in [-0.39, 0.29) is 37.1 Å². The van der Waals surface area contributed by atoms with Crippen LogP contribution >= 0.6 is 0 Å². The molecule has 1 aromatic carbocycles. The largest absolute Gasteiger partial charge is 0.384 e. The van der Waals surface area contributed by atoms with Crippen LogP contribution in [0.5, 0.6) is 0 Å². The summed E-state index contributed by atoms with van der Waals surface area (Å²) in [5, 5.41) is 6.50. The van der Waals surface area contributed by atoms with Crippen LogP contribution in [0.15, 0.2) is 18.3 Å². The molecule has 1 unspecified atom stereocenters. The second-order valence-electron chi connectivity index (χ2n) is 9.15. The molecule has 2 saturated heterocycles. The topological polar surface area (TPSA) is 114 Å². The molecule has 1 aromatic heterocycles. The van der Waals surface area contributed by atoms with Crippen molar-refractivity contribution in [3.05, 3.63) is 46.4 Å². The van der Waals surface area contributed by atoms with Gasteiger partial charge in [-0.3, -0.25) is 29.3 Å². The lowest BCUT2D eigenvalue weighted by atomic mass is 9.85. The van der Waals surface area contributed by atoms with E-state index >= 15 is 0 Å². The van der Waals surface area contributed by atoms with Crippen molar-refractivity contribution in [2.24, 2.45) is 7.05 Å². The maximum Gasteiger partial charge on any atom is 0.255 e. The molecule has 2 aromatic rings. The van der Waals surface area contributed by atoms with Crippen LogP contribution in [0.4, 0.5) is 10.2 Å². The fourth-order valence-corrected chi connectivity index (χ4v) is 5.27. The zero-order chi connectivity index (χ0) is 23.3. The van der Waals surface area contributed by atoms with Gasteiger partial charge in [-0.25, -0.2) is 4.39 Å². The first-order chi connectivity index (χ1) is 15.8. The summed E-state index contributed by atoms with van der Waals surface area (Å²) in [5.41, 5.74) is 9.06. The zero-order valence-electron chi connectivity index (χ0n) is 18.5. The van der Waals surface area contributed by atoms with Crippen molar-refractivity contribution in [3.63, 3.8) is 0 Å². The van der Waals surface area contributed by atoms with E-state index in [1.165, 1.54) is 11.0 Å². The number of benzene rings is 1. The molecule has 10 heteroatoms. The van der Waals surface area contributed by atoms with Gasteiger partial charge in [-0.2, -0.15) is 5.10 Å². The number of nitrogens with one attached hydrogen (secondary N) is 1. The standard InChI is InChI=1S/C23H27FN6O3/c1-28-21(25)14(10-26-28)11-29-6-4-13(5-7-29)16-8-15(24)9-17-18(16)12-30(23(17)33)19-2-3-20(31)27-22(19)32/h8-10,13,19H,2-7,11-12,25H2,1H3,(H,27,31,32). The first-order valence-electron chi connectivity index (χ1n) is 11.3. The summed E-state index contributed by atoms with van der Waals surface area (Å²) >= 11 is 0. The van der Waals surface area contributed by atoms with Crippen LogP contribution in [-0.4, -0.2) is 56.4 Å². The minimum Gasteiger partial charge on any atom is -0.384 e.